The van der Waals surface area contributed by atoms with Crippen molar-refractivity contribution in [3.05, 3.63) is 54.0 Å². The number of aromatic nitrogens is 2. The summed E-state index contributed by atoms with van der Waals surface area (Å²) in [5.41, 5.74) is 2.41. The minimum absolute atomic E-state index is 0.261. The van der Waals surface area contributed by atoms with E-state index in [0.717, 1.165) is 43.1 Å². The molecular weight excluding hydrogens is 306 g/mol. The van der Waals surface area contributed by atoms with Crippen molar-refractivity contribution in [2.45, 2.75) is 31.3 Å². The molecule has 0 bridgehead atoms. The van der Waals surface area contributed by atoms with E-state index in [2.05, 4.69) is 39.3 Å². The quantitative estimate of drug-likeness (QED) is 0.810. The normalized spacial score (nSPS) is 18.1. The van der Waals surface area contributed by atoms with Crippen LogP contribution in [-0.4, -0.2) is 35.4 Å². The van der Waals surface area contributed by atoms with Gasteiger partial charge in [-0.05, 0) is 42.4 Å². The molecule has 3 rings (SSSR count). The van der Waals surface area contributed by atoms with Gasteiger partial charge in [0.15, 0.2) is 0 Å². The first-order valence-corrected chi connectivity index (χ1v) is 9.44. The molecule has 0 N–H and O–H groups in total. The monoisotopic (exact) mass is 329 g/mol. The fourth-order valence-corrected chi connectivity index (χ4v) is 3.34. The van der Waals surface area contributed by atoms with Crippen LogP contribution in [0, 0.1) is 0 Å². The zero-order valence-corrected chi connectivity index (χ0v) is 14.3. The minimum atomic E-state index is 0.261. The second-order valence-corrected chi connectivity index (χ2v) is 6.71. The Morgan fingerprint density at radius 1 is 1.26 bits per heavy atom. The van der Waals surface area contributed by atoms with Gasteiger partial charge < -0.3 is 9.64 Å². The molecule has 1 atom stereocenters. The fraction of sp³-hybridized carbons (Fsp3) is 0.444. The highest BCUT2D eigenvalue weighted by atomic mass is 32.2. The second-order valence-electron chi connectivity index (χ2n) is 5.84. The lowest BCUT2D eigenvalue weighted by molar-refractivity contribution is 0.0313. The van der Waals surface area contributed by atoms with Gasteiger partial charge in [0.05, 0.1) is 12.7 Å². The van der Waals surface area contributed by atoms with Crippen LogP contribution in [0.2, 0.25) is 0 Å². The topological polar surface area (TPSA) is 38.2 Å². The summed E-state index contributed by atoms with van der Waals surface area (Å²) in [6, 6.07) is 8.32. The number of pyridine rings is 2. The summed E-state index contributed by atoms with van der Waals surface area (Å²) in [5, 5.41) is 0. The highest BCUT2D eigenvalue weighted by Crippen LogP contribution is 2.21. The van der Waals surface area contributed by atoms with Crippen molar-refractivity contribution in [1.29, 1.82) is 0 Å². The van der Waals surface area contributed by atoms with Crippen LogP contribution in [0.5, 0.6) is 0 Å². The van der Waals surface area contributed by atoms with Crippen LogP contribution in [0.4, 0.5) is 5.82 Å². The van der Waals surface area contributed by atoms with Crippen molar-refractivity contribution < 1.29 is 4.74 Å². The van der Waals surface area contributed by atoms with Crippen molar-refractivity contribution in [1.82, 2.24) is 9.97 Å². The van der Waals surface area contributed by atoms with E-state index in [4.69, 9.17) is 4.74 Å². The molecule has 2 aromatic rings. The smallest absolute Gasteiger partial charge is 0.128 e. The molecule has 0 amide bonds. The van der Waals surface area contributed by atoms with Crippen LogP contribution in [0.1, 0.15) is 24.0 Å². The van der Waals surface area contributed by atoms with Crippen LogP contribution in [0.25, 0.3) is 0 Å². The van der Waals surface area contributed by atoms with Gasteiger partial charge in [-0.25, -0.2) is 4.98 Å². The van der Waals surface area contributed by atoms with Crippen LogP contribution < -0.4 is 4.90 Å². The number of hydrogen-bond donors (Lipinski definition) is 0. The van der Waals surface area contributed by atoms with Crippen LogP contribution >= 0.6 is 11.8 Å². The van der Waals surface area contributed by atoms with Gasteiger partial charge in [0.2, 0.25) is 0 Å². The molecule has 0 spiro atoms. The Bertz CT molecular complexity index is 591. The summed E-state index contributed by atoms with van der Waals surface area (Å²) in [4.78, 5) is 11.1. The van der Waals surface area contributed by atoms with Crippen LogP contribution in [-0.2, 0) is 17.1 Å². The molecule has 0 saturated carbocycles. The van der Waals surface area contributed by atoms with Crippen molar-refractivity contribution in [3.63, 3.8) is 0 Å². The van der Waals surface area contributed by atoms with Crippen molar-refractivity contribution >= 4 is 17.6 Å². The van der Waals surface area contributed by atoms with Gasteiger partial charge >= 0.3 is 0 Å². The summed E-state index contributed by atoms with van der Waals surface area (Å²) >= 11 is 1.82. The van der Waals surface area contributed by atoms with Crippen LogP contribution in [0.3, 0.4) is 0 Å². The van der Waals surface area contributed by atoms with Gasteiger partial charge in [-0.3, -0.25) is 4.98 Å². The van der Waals surface area contributed by atoms with Crippen molar-refractivity contribution in [2.75, 3.05) is 24.2 Å². The van der Waals surface area contributed by atoms with Crippen molar-refractivity contribution in [3.8, 4) is 0 Å². The summed E-state index contributed by atoms with van der Waals surface area (Å²) < 4.78 is 6.07. The first-order valence-electron chi connectivity index (χ1n) is 8.04. The third kappa shape index (κ3) is 4.69. The van der Waals surface area contributed by atoms with E-state index in [1.54, 1.807) is 6.20 Å². The minimum Gasteiger partial charge on any atom is -0.372 e. The number of thioether (sulfide) groups is 1. The van der Waals surface area contributed by atoms with Crippen LogP contribution in [0.15, 0.2) is 42.9 Å². The molecule has 0 radical (unpaired) electrons. The highest BCUT2D eigenvalue weighted by molar-refractivity contribution is 7.97. The summed E-state index contributed by atoms with van der Waals surface area (Å²) in [6.45, 7) is 2.60. The Kier molecular flexibility index (Phi) is 5.88. The lowest BCUT2D eigenvalue weighted by atomic mass is 10.1. The largest absolute Gasteiger partial charge is 0.372 e. The fourth-order valence-electron chi connectivity index (χ4n) is 2.84. The molecule has 1 aliphatic heterocycles. The Labute approximate surface area is 142 Å². The van der Waals surface area contributed by atoms with Gasteiger partial charge in [-0.2, -0.15) is 11.8 Å². The van der Waals surface area contributed by atoms with E-state index in [0.29, 0.717) is 6.61 Å². The second kappa shape index (κ2) is 8.31. The van der Waals surface area contributed by atoms with Gasteiger partial charge in [0.25, 0.3) is 0 Å². The van der Waals surface area contributed by atoms with E-state index < -0.39 is 0 Å². The first kappa shape index (κ1) is 16.3. The maximum Gasteiger partial charge on any atom is 0.128 e. The molecule has 3 heterocycles. The molecule has 2 aromatic heterocycles. The Morgan fingerprint density at radius 2 is 2.22 bits per heavy atom. The molecule has 1 fully saturated rings. The lowest BCUT2D eigenvalue weighted by Crippen LogP contribution is -2.40. The number of ether oxygens (including phenoxy) is 1. The molecule has 4 nitrogen and oxygen atoms in total. The standard InChI is InChI=1S/C18H23N3OS/c1-23-14-16-6-7-18(20-11-16)21-9-3-5-17(12-21)22-13-15-4-2-8-19-10-15/h2,4,6-8,10-11,17H,3,5,9,12-14H2,1H3. The van der Waals surface area contributed by atoms with E-state index in [1.165, 1.54) is 5.56 Å². The SMILES string of the molecule is CSCc1ccc(N2CCCC(OCc3cccnc3)C2)nc1. The van der Waals surface area contributed by atoms with E-state index >= 15 is 0 Å². The first-order chi connectivity index (χ1) is 11.3. The molecule has 1 aliphatic rings. The van der Waals surface area contributed by atoms with E-state index in [-0.39, 0.29) is 6.10 Å². The summed E-state index contributed by atoms with van der Waals surface area (Å²) in [5.74, 6) is 2.08. The molecule has 1 saturated heterocycles. The number of piperidine rings is 1. The van der Waals surface area contributed by atoms with Gasteiger partial charge in [0, 0.05) is 37.4 Å². The number of anilines is 1. The zero-order chi connectivity index (χ0) is 15.9. The molecule has 122 valence electrons. The molecule has 23 heavy (non-hydrogen) atoms. The van der Waals surface area contributed by atoms with E-state index in [1.807, 2.05) is 30.2 Å². The van der Waals surface area contributed by atoms with Crippen molar-refractivity contribution in [2.24, 2.45) is 0 Å². The molecule has 0 aliphatic carbocycles. The van der Waals surface area contributed by atoms with Gasteiger partial charge in [0.1, 0.15) is 5.82 Å². The van der Waals surface area contributed by atoms with Gasteiger partial charge in [-0.1, -0.05) is 12.1 Å². The Morgan fingerprint density at radius 3 is 2.96 bits per heavy atom. The number of hydrogen-bond acceptors (Lipinski definition) is 5. The molecule has 0 aromatic carbocycles. The Balaban J connectivity index is 1.55. The summed E-state index contributed by atoms with van der Waals surface area (Å²) in [7, 11) is 0. The zero-order valence-electron chi connectivity index (χ0n) is 13.5. The molecular formula is C18H23N3OS. The molecule has 1 unspecified atom stereocenters. The lowest BCUT2D eigenvalue weighted by Gasteiger charge is -2.33. The predicted octanol–water partition coefficient (Wildman–Crippen LogP) is 3.53. The summed E-state index contributed by atoms with van der Waals surface area (Å²) in [6.07, 6.45) is 10.3. The maximum atomic E-state index is 6.07. The molecule has 5 heteroatoms. The maximum absolute atomic E-state index is 6.07. The average molecular weight is 329 g/mol. The number of rotatable bonds is 6. The van der Waals surface area contributed by atoms with Gasteiger partial charge in [-0.15, -0.1) is 0 Å². The highest BCUT2D eigenvalue weighted by Gasteiger charge is 2.21. The Hall–Kier alpha value is -1.59. The third-order valence-corrected chi connectivity index (χ3v) is 4.65. The predicted molar refractivity (Wildman–Crippen MR) is 95.7 cm³/mol. The third-order valence-electron chi connectivity index (χ3n) is 4.03. The number of nitrogens with zero attached hydrogens (tertiary/aromatic N) is 3. The average Bonchev–Trinajstić information content (AvgIpc) is 2.62. The van der Waals surface area contributed by atoms with E-state index in [9.17, 15) is 0 Å².